The molecule has 0 spiro atoms. The third kappa shape index (κ3) is 6.26. The van der Waals surface area contributed by atoms with Gasteiger partial charge in [-0.1, -0.05) is 30.3 Å². The summed E-state index contributed by atoms with van der Waals surface area (Å²) in [7, 11) is 1.71. The van der Waals surface area contributed by atoms with Crippen molar-refractivity contribution in [1.29, 1.82) is 0 Å². The molecule has 2 aliphatic rings. The van der Waals surface area contributed by atoms with Crippen LogP contribution in [0, 0.1) is 5.92 Å². The van der Waals surface area contributed by atoms with Crippen LogP contribution in [0.4, 0.5) is 0 Å². The molecule has 1 N–H and O–H groups in total. The molecule has 1 aromatic carbocycles. The van der Waals surface area contributed by atoms with Crippen molar-refractivity contribution in [3.05, 3.63) is 35.9 Å². The van der Waals surface area contributed by atoms with Gasteiger partial charge in [-0.25, -0.2) is 0 Å². The molecule has 3 rings (SSSR count). The average molecular weight is 381 g/mol. The van der Waals surface area contributed by atoms with E-state index in [4.69, 9.17) is 4.74 Å². The summed E-state index contributed by atoms with van der Waals surface area (Å²) in [5.41, 5.74) is 1.34. The lowest BCUT2D eigenvalue weighted by atomic mass is 9.89. The summed E-state index contributed by atoms with van der Waals surface area (Å²) in [6.45, 7) is 2.16. The smallest absolute Gasteiger partial charge is 0.222 e. The third-order valence-corrected chi connectivity index (χ3v) is 5.69. The number of halogens is 1. The highest BCUT2D eigenvalue weighted by atomic mass is 35.5. The number of aryl methyl sites for hydroxylation is 1. The number of benzene rings is 1. The summed E-state index contributed by atoms with van der Waals surface area (Å²) in [4.78, 5) is 14.9. The normalized spacial score (nSPS) is 24.1. The molecule has 0 saturated carbocycles. The Morgan fingerprint density at radius 3 is 2.50 bits per heavy atom. The number of hydrogen-bond acceptors (Lipinski definition) is 3. The third-order valence-electron chi connectivity index (χ3n) is 5.69. The Morgan fingerprint density at radius 2 is 1.85 bits per heavy atom. The predicted molar refractivity (Wildman–Crippen MR) is 108 cm³/mol. The molecule has 0 radical (unpaired) electrons. The SMILES string of the molecule is COCCN(CCCc1ccccc1)C(=O)CC1CC2CCC(C1)N2.Cl. The highest BCUT2D eigenvalue weighted by Crippen LogP contribution is 2.33. The Balaban J connectivity index is 0.00000243. The number of carbonyl (C=O) groups is 1. The van der Waals surface area contributed by atoms with E-state index in [2.05, 4.69) is 29.6 Å². The number of piperidine rings is 1. The largest absolute Gasteiger partial charge is 0.383 e. The highest BCUT2D eigenvalue weighted by Gasteiger charge is 2.34. The van der Waals surface area contributed by atoms with Crippen molar-refractivity contribution >= 4 is 18.3 Å². The van der Waals surface area contributed by atoms with Gasteiger partial charge in [0.25, 0.3) is 0 Å². The van der Waals surface area contributed by atoms with E-state index in [9.17, 15) is 4.79 Å². The van der Waals surface area contributed by atoms with Crippen molar-refractivity contribution in [2.75, 3.05) is 26.8 Å². The molecule has 2 heterocycles. The standard InChI is InChI=1S/C21H32N2O2.ClH/c1-25-13-12-23(11-5-8-17-6-3-2-4-7-17)21(24)16-18-14-19-9-10-20(15-18)22-19;/h2-4,6-7,18-20,22H,5,8-16H2,1H3;1H. The number of nitrogens with zero attached hydrogens (tertiary/aromatic N) is 1. The van der Waals surface area contributed by atoms with Crippen LogP contribution in [0.3, 0.4) is 0 Å². The van der Waals surface area contributed by atoms with Crippen LogP contribution in [0.1, 0.15) is 44.1 Å². The van der Waals surface area contributed by atoms with Crippen molar-refractivity contribution in [3.8, 4) is 0 Å². The number of ether oxygens (including phenoxy) is 1. The molecular formula is C21H33ClN2O2. The first-order valence-corrected chi connectivity index (χ1v) is 9.81. The molecule has 5 heteroatoms. The molecule has 4 nitrogen and oxygen atoms in total. The number of fused-ring (bicyclic) bond motifs is 2. The van der Waals surface area contributed by atoms with Gasteiger partial charge in [0.15, 0.2) is 0 Å². The van der Waals surface area contributed by atoms with Crippen LogP contribution in [0.5, 0.6) is 0 Å². The second kappa shape index (κ2) is 10.9. The van der Waals surface area contributed by atoms with E-state index >= 15 is 0 Å². The fraction of sp³-hybridized carbons (Fsp3) is 0.667. The first-order chi connectivity index (χ1) is 12.2. The zero-order chi connectivity index (χ0) is 17.5. The lowest BCUT2D eigenvalue weighted by Crippen LogP contribution is -2.41. The molecule has 2 aliphatic heterocycles. The molecule has 26 heavy (non-hydrogen) atoms. The van der Waals surface area contributed by atoms with Crippen LogP contribution >= 0.6 is 12.4 Å². The van der Waals surface area contributed by atoms with Crippen LogP contribution in [0.25, 0.3) is 0 Å². The van der Waals surface area contributed by atoms with Gasteiger partial charge in [-0.15, -0.1) is 12.4 Å². The average Bonchev–Trinajstić information content (AvgIpc) is 2.97. The van der Waals surface area contributed by atoms with Crippen LogP contribution in [-0.2, 0) is 16.0 Å². The van der Waals surface area contributed by atoms with Crippen molar-refractivity contribution in [1.82, 2.24) is 10.2 Å². The summed E-state index contributed by atoms with van der Waals surface area (Å²) >= 11 is 0. The second-order valence-electron chi connectivity index (χ2n) is 7.64. The molecule has 146 valence electrons. The molecule has 2 saturated heterocycles. The van der Waals surface area contributed by atoms with E-state index < -0.39 is 0 Å². The molecule has 2 unspecified atom stereocenters. The Morgan fingerprint density at radius 1 is 1.15 bits per heavy atom. The van der Waals surface area contributed by atoms with Crippen LogP contribution < -0.4 is 5.32 Å². The van der Waals surface area contributed by atoms with Crippen molar-refractivity contribution in [3.63, 3.8) is 0 Å². The Bertz CT molecular complexity index is 528. The van der Waals surface area contributed by atoms with E-state index in [-0.39, 0.29) is 12.4 Å². The number of hydrogen-bond donors (Lipinski definition) is 1. The van der Waals surface area contributed by atoms with Gasteiger partial charge in [0.1, 0.15) is 0 Å². The first kappa shape index (κ1) is 21.2. The minimum atomic E-state index is 0. The van der Waals surface area contributed by atoms with Crippen LogP contribution in [0.2, 0.25) is 0 Å². The molecule has 2 atom stereocenters. The van der Waals surface area contributed by atoms with E-state index in [1.165, 1.54) is 31.2 Å². The summed E-state index contributed by atoms with van der Waals surface area (Å²) in [5.74, 6) is 0.877. The number of amides is 1. The number of carbonyl (C=O) groups excluding carboxylic acids is 1. The van der Waals surface area contributed by atoms with Gasteiger partial charge in [-0.05, 0) is 50.0 Å². The molecular weight excluding hydrogens is 348 g/mol. The number of nitrogens with one attached hydrogen (secondary N) is 1. The van der Waals surface area contributed by atoms with E-state index in [1.807, 2.05) is 11.0 Å². The van der Waals surface area contributed by atoms with Gasteiger partial charge in [0.2, 0.25) is 5.91 Å². The van der Waals surface area contributed by atoms with Gasteiger partial charge in [0, 0.05) is 38.7 Å². The van der Waals surface area contributed by atoms with Gasteiger partial charge < -0.3 is 15.0 Å². The second-order valence-corrected chi connectivity index (χ2v) is 7.64. The summed E-state index contributed by atoms with van der Waals surface area (Å²) in [6.07, 6.45) is 7.67. The Labute approximate surface area is 164 Å². The molecule has 0 aromatic heterocycles. The lowest BCUT2D eigenvalue weighted by molar-refractivity contribution is -0.133. The predicted octanol–water partition coefficient (Wildman–Crippen LogP) is 3.44. The van der Waals surface area contributed by atoms with Gasteiger partial charge >= 0.3 is 0 Å². The molecule has 2 fully saturated rings. The maximum absolute atomic E-state index is 12.8. The van der Waals surface area contributed by atoms with Crippen LogP contribution in [-0.4, -0.2) is 49.7 Å². The quantitative estimate of drug-likeness (QED) is 0.713. The Hall–Kier alpha value is -1.10. The van der Waals surface area contributed by atoms with E-state index in [0.717, 1.165) is 19.4 Å². The maximum atomic E-state index is 12.8. The van der Waals surface area contributed by atoms with Gasteiger partial charge in [-0.3, -0.25) is 4.79 Å². The van der Waals surface area contributed by atoms with E-state index in [0.29, 0.717) is 43.5 Å². The summed E-state index contributed by atoms with van der Waals surface area (Å²) in [6, 6.07) is 11.8. The monoisotopic (exact) mass is 380 g/mol. The van der Waals surface area contributed by atoms with Crippen molar-refractivity contribution in [2.45, 2.75) is 57.0 Å². The highest BCUT2D eigenvalue weighted by molar-refractivity contribution is 5.85. The minimum Gasteiger partial charge on any atom is -0.383 e. The maximum Gasteiger partial charge on any atom is 0.222 e. The molecule has 0 aliphatic carbocycles. The van der Waals surface area contributed by atoms with Crippen LogP contribution in [0.15, 0.2) is 30.3 Å². The fourth-order valence-corrected chi connectivity index (χ4v) is 4.40. The summed E-state index contributed by atoms with van der Waals surface area (Å²) in [5, 5.41) is 3.66. The molecule has 2 bridgehead atoms. The van der Waals surface area contributed by atoms with Crippen molar-refractivity contribution < 1.29 is 9.53 Å². The lowest BCUT2D eigenvalue weighted by Gasteiger charge is -2.31. The number of rotatable bonds is 9. The minimum absolute atomic E-state index is 0. The fourth-order valence-electron chi connectivity index (χ4n) is 4.40. The van der Waals surface area contributed by atoms with Crippen molar-refractivity contribution in [2.24, 2.45) is 5.92 Å². The molecule has 1 amide bonds. The zero-order valence-electron chi connectivity index (χ0n) is 15.9. The first-order valence-electron chi connectivity index (χ1n) is 9.81. The zero-order valence-corrected chi connectivity index (χ0v) is 16.7. The number of methoxy groups -OCH3 is 1. The molecule has 1 aromatic rings. The van der Waals surface area contributed by atoms with Gasteiger partial charge in [0.05, 0.1) is 6.61 Å². The van der Waals surface area contributed by atoms with E-state index in [1.54, 1.807) is 7.11 Å². The Kier molecular flexibility index (Phi) is 8.89. The topological polar surface area (TPSA) is 41.6 Å². The summed E-state index contributed by atoms with van der Waals surface area (Å²) < 4.78 is 5.22. The van der Waals surface area contributed by atoms with Gasteiger partial charge in [-0.2, -0.15) is 0 Å².